The zero-order chi connectivity index (χ0) is 20.6. The molecule has 1 amide bonds. The lowest BCUT2D eigenvalue weighted by Crippen LogP contribution is -2.26. The third kappa shape index (κ3) is 4.07. The molecule has 0 saturated heterocycles. The number of aromatic nitrogens is 1. The fraction of sp³-hybridized carbons (Fsp3) is 0.100. The van der Waals surface area contributed by atoms with Gasteiger partial charge in [0.15, 0.2) is 16.5 Å². The second-order valence-electron chi connectivity index (χ2n) is 6.46. The van der Waals surface area contributed by atoms with Crippen molar-refractivity contribution in [3.8, 4) is 10.8 Å². The molecule has 0 aliphatic rings. The predicted molar refractivity (Wildman–Crippen MR) is 111 cm³/mol. The van der Waals surface area contributed by atoms with Crippen molar-refractivity contribution < 1.29 is 17.6 Å². The van der Waals surface area contributed by atoms with Gasteiger partial charge >= 0.3 is 0 Å². The van der Waals surface area contributed by atoms with Crippen LogP contribution in [0.5, 0.6) is 0 Å². The number of amides is 1. The molecule has 29 heavy (non-hydrogen) atoms. The van der Waals surface area contributed by atoms with E-state index in [4.69, 9.17) is 9.56 Å². The molecule has 0 bridgehead atoms. The number of carbonyl (C=O) groups is 1. The number of thiazole rings is 1. The number of sulfonamides is 1. The number of hydrogen-bond donors (Lipinski definition) is 2. The number of carbonyl (C=O) groups excluding carboxylic acids is 1. The summed E-state index contributed by atoms with van der Waals surface area (Å²) in [6.45, 7) is 1.79. The summed E-state index contributed by atoms with van der Waals surface area (Å²) in [7, 11) is -3.75. The van der Waals surface area contributed by atoms with E-state index in [1.54, 1.807) is 31.2 Å². The molecule has 2 aromatic heterocycles. The minimum absolute atomic E-state index is 0.0197. The number of nitrogens with zero attached hydrogens (tertiary/aromatic N) is 1. The van der Waals surface area contributed by atoms with E-state index in [1.807, 2.05) is 24.3 Å². The first-order valence-corrected chi connectivity index (χ1v) is 11.1. The number of nitrogens with one attached hydrogen (secondary N) is 1. The minimum atomic E-state index is -3.75. The van der Waals surface area contributed by atoms with Gasteiger partial charge in [0.25, 0.3) is 5.91 Å². The Labute approximate surface area is 171 Å². The third-order valence-electron chi connectivity index (χ3n) is 4.39. The molecule has 0 saturated carbocycles. The van der Waals surface area contributed by atoms with Gasteiger partial charge in [0.2, 0.25) is 10.0 Å². The molecule has 7 nitrogen and oxygen atoms in total. The molecule has 3 N–H and O–H groups in total. The molecule has 9 heteroatoms. The van der Waals surface area contributed by atoms with Gasteiger partial charge in [-0.2, -0.15) is 0 Å². The zero-order valence-electron chi connectivity index (χ0n) is 15.3. The van der Waals surface area contributed by atoms with Crippen LogP contribution in [0.15, 0.2) is 70.0 Å². The summed E-state index contributed by atoms with van der Waals surface area (Å²) in [5.41, 5.74) is 1.62. The molecule has 2 aromatic carbocycles. The lowest BCUT2D eigenvalue weighted by molar-refractivity contribution is 0.0912. The van der Waals surface area contributed by atoms with Crippen molar-refractivity contribution in [2.45, 2.75) is 17.9 Å². The van der Waals surface area contributed by atoms with Gasteiger partial charge in [-0.3, -0.25) is 4.79 Å². The smallest absolute Gasteiger partial charge is 0.287 e. The molecule has 0 fully saturated rings. The highest BCUT2D eigenvalue weighted by atomic mass is 32.2. The van der Waals surface area contributed by atoms with Crippen molar-refractivity contribution in [2.24, 2.45) is 5.14 Å². The maximum Gasteiger partial charge on any atom is 0.287 e. The molecule has 2 heterocycles. The summed E-state index contributed by atoms with van der Waals surface area (Å²) in [5.74, 6) is 0.328. The van der Waals surface area contributed by atoms with Gasteiger partial charge in [-0.15, -0.1) is 11.3 Å². The highest BCUT2D eigenvalue weighted by molar-refractivity contribution is 7.89. The topological polar surface area (TPSA) is 115 Å². The van der Waals surface area contributed by atoms with Crippen LogP contribution in [0, 0.1) is 0 Å². The average molecular weight is 428 g/mol. The fourth-order valence-electron chi connectivity index (χ4n) is 2.85. The second kappa shape index (κ2) is 7.43. The van der Waals surface area contributed by atoms with Crippen LogP contribution in [0.4, 0.5) is 0 Å². The number of primary sulfonamides is 1. The van der Waals surface area contributed by atoms with Crippen LogP contribution >= 0.6 is 11.3 Å². The molecule has 1 atom stereocenters. The quantitative estimate of drug-likeness (QED) is 0.504. The highest BCUT2D eigenvalue weighted by Gasteiger charge is 2.18. The lowest BCUT2D eigenvalue weighted by Gasteiger charge is -2.13. The summed E-state index contributed by atoms with van der Waals surface area (Å²) in [5, 5.41) is 8.64. The molecule has 0 aliphatic carbocycles. The van der Waals surface area contributed by atoms with E-state index in [9.17, 15) is 13.2 Å². The standard InChI is InChI=1S/C20H17N3O4S2/c1-12(13-6-8-14(9-7-13)29(21,25)26)22-19(24)16-10-11-17(27-16)20-23-15-4-2-3-5-18(15)28-20/h2-12H,1H3,(H,22,24)(H2,21,25,26). The van der Waals surface area contributed by atoms with Crippen molar-refractivity contribution >= 4 is 37.5 Å². The Hall–Kier alpha value is -3.01. The van der Waals surface area contributed by atoms with Crippen LogP contribution in [0.3, 0.4) is 0 Å². The highest BCUT2D eigenvalue weighted by Crippen LogP contribution is 2.31. The van der Waals surface area contributed by atoms with E-state index in [2.05, 4.69) is 10.3 Å². The van der Waals surface area contributed by atoms with Crippen molar-refractivity contribution in [2.75, 3.05) is 0 Å². The number of para-hydroxylation sites is 1. The van der Waals surface area contributed by atoms with Gasteiger partial charge in [0, 0.05) is 0 Å². The van der Waals surface area contributed by atoms with Gasteiger partial charge in [0.05, 0.1) is 21.2 Å². The molecule has 0 spiro atoms. The number of rotatable bonds is 5. The van der Waals surface area contributed by atoms with Crippen molar-refractivity contribution in [3.63, 3.8) is 0 Å². The normalized spacial score (nSPS) is 12.8. The van der Waals surface area contributed by atoms with Crippen LogP contribution in [-0.4, -0.2) is 19.3 Å². The Morgan fingerprint density at radius 1 is 1.10 bits per heavy atom. The molecule has 4 rings (SSSR count). The van der Waals surface area contributed by atoms with Crippen LogP contribution < -0.4 is 10.5 Å². The van der Waals surface area contributed by atoms with Crippen molar-refractivity contribution in [1.29, 1.82) is 0 Å². The van der Waals surface area contributed by atoms with E-state index < -0.39 is 10.0 Å². The SMILES string of the molecule is CC(NC(=O)c1ccc(-c2nc3ccccc3s2)o1)c1ccc(S(N)(=O)=O)cc1. The molecule has 4 aromatic rings. The number of nitrogens with two attached hydrogens (primary N) is 1. The Bertz CT molecular complexity index is 1260. The predicted octanol–water partition coefficient (Wildman–Crippen LogP) is 3.69. The molecule has 148 valence electrons. The van der Waals surface area contributed by atoms with E-state index >= 15 is 0 Å². The van der Waals surface area contributed by atoms with Crippen LogP contribution in [0.2, 0.25) is 0 Å². The Kier molecular flexibility index (Phi) is 4.95. The van der Waals surface area contributed by atoms with Crippen molar-refractivity contribution in [1.82, 2.24) is 10.3 Å². The Balaban J connectivity index is 1.49. The third-order valence-corrected chi connectivity index (χ3v) is 6.37. The number of hydrogen-bond acceptors (Lipinski definition) is 6. The van der Waals surface area contributed by atoms with E-state index in [-0.39, 0.29) is 22.6 Å². The maximum atomic E-state index is 12.5. The Morgan fingerprint density at radius 2 is 1.83 bits per heavy atom. The average Bonchev–Trinajstić information content (AvgIpc) is 3.34. The molecular formula is C20H17N3O4S2. The monoisotopic (exact) mass is 427 g/mol. The fourth-order valence-corrected chi connectivity index (χ4v) is 4.29. The molecule has 0 radical (unpaired) electrons. The molecular weight excluding hydrogens is 410 g/mol. The van der Waals surface area contributed by atoms with Gasteiger partial charge in [0.1, 0.15) is 0 Å². The molecule has 0 aliphatic heterocycles. The molecule has 1 unspecified atom stereocenters. The summed E-state index contributed by atoms with van der Waals surface area (Å²) in [4.78, 5) is 17.1. The zero-order valence-corrected chi connectivity index (χ0v) is 17.0. The first-order chi connectivity index (χ1) is 13.8. The summed E-state index contributed by atoms with van der Waals surface area (Å²) in [6.07, 6.45) is 0. The van der Waals surface area contributed by atoms with Gasteiger partial charge in [-0.05, 0) is 48.9 Å². The number of fused-ring (bicyclic) bond motifs is 1. The Morgan fingerprint density at radius 3 is 2.52 bits per heavy atom. The largest absolute Gasteiger partial charge is 0.448 e. The first-order valence-electron chi connectivity index (χ1n) is 8.71. The van der Waals surface area contributed by atoms with E-state index in [0.29, 0.717) is 10.8 Å². The number of furan rings is 1. The summed E-state index contributed by atoms with van der Waals surface area (Å²) in [6, 6.07) is 16.8. The first kappa shape index (κ1) is 19.3. The van der Waals surface area contributed by atoms with Crippen LogP contribution in [0.25, 0.3) is 21.0 Å². The van der Waals surface area contributed by atoms with E-state index in [1.165, 1.54) is 23.5 Å². The summed E-state index contributed by atoms with van der Waals surface area (Å²) < 4.78 is 29.4. The summed E-state index contributed by atoms with van der Waals surface area (Å²) >= 11 is 1.49. The number of benzene rings is 2. The minimum Gasteiger partial charge on any atom is -0.448 e. The van der Waals surface area contributed by atoms with Crippen LogP contribution in [0.1, 0.15) is 29.1 Å². The van der Waals surface area contributed by atoms with Crippen LogP contribution in [-0.2, 0) is 10.0 Å². The van der Waals surface area contributed by atoms with E-state index in [0.717, 1.165) is 15.8 Å². The lowest BCUT2D eigenvalue weighted by atomic mass is 10.1. The van der Waals surface area contributed by atoms with Gasteiger partial charge < -0.3 is 9.73 Å². The van der Waals surface area contributed by atoms with Gasteiger partial charge in [-0.1, -0.05) is 24.3 Å². The maximum absolute atomic E-state index is 12.5. The second-order valence-corrected chi connectivity index (χ2v) is 9.05. The van der Waals surface area contributed by atoms with Gasteiger partial charge in [-0.25, -0.2) is 18.5 Å². The van der Waals surface area contributed by atoms with Crippen molar-refractivity contribution in [3.05, 3.63) is 72.0 Å².